The van der Waals surface area contributed by atoms with E-state index < -0.39 is 30.1 Å². The van der Waals surface area contributed by atoms with Crippen molar-refractivity contribution in [1.29, 1.82) is 0 Å². The van der Waals surface area contributed by atoms with Crippen LogP contribution >= 0.6 is 15.9 Å². The van der Waals surface area contributed by atoms with Gasteiger partial charge in [-0.3, -0.25) is 20.4 Å². The summed E-state index contributed by atoms with van der Waals surface area (Å²) in [5.74, 6) is -0.770. The standard InChI is InChI=1S/C28H46BrN3O6/c1-6-7-19(4)30-23-12-18(3)24(37-20(23)5)10-8-17(2)9-11-25-28(36)21(16-33)13-22(38-25)14-26(34)31-32-27(35)15-29/h7-9,11,18,20-25,28,30,33,36H,6,10,12-16H2,1-5H3,(H,31,34)(H,32,35)/b11-9+,17-8+,19-7-/t18?,20?,21?,22-,23?,24?,25?,28-/m0/s1. The molecule has 38 heavy (non-hydrogen) atoms. The molecule has 0 bridgehead atoms. The van der Waals surface area contributed by atoms with Crippen LogP contribution in [-0.4, -0.2) is 70.5 Å². The molecule has 5 N–H and O–H groups in total. The molecule has 2 heterocycles. The van der Waals surface area contributed by atoms with E-state index in [2.05, 4.69) is 71.9 Å². The van der Waals surface area contributed by atoms with Gasteiger partial charge in [-0.1, -0.05) is 59.7 Å². The molecule has 2 rings (SSSR count). The molecule has 0 aromatic rings. The van der Waals surface area contributed by atoms with E-state index in [1.165, 1.54) is 5.70 Å². The number of ether oxygens (including phenoxy) is 2. The van der Waals surface area contributed by atoms with Gasteiger partial charge >= 0.3 is 0 Å². The number of hydrogen-bond acceptors (Lipinski definition) is 7. The summed E-state index contributed by atoms with van der Waals surface area (Å²) in [6.07, 6.45) is 9.41. The van der Waals surface area contributed by atoms with Crippen LogP contribution in [0.2, 0.25) is 0 Å². The Kier molecular flexibility index (Phi) is 14.0. The molecule has 8 atom stereocenters. The summed E-state index contributed by atoms with van der Waals surface area (Å²) < 4.78 is 12.3. The van der Waals surface area contributed by atoms with E-state index in [9.17, 15) is 19.8 Å². The summed E-state index contributed by atoms with van der Waals surface area (Å²) in [7, 11) is 0. The molecular weight excluding hydrogens is 554 g/mol. The molecule has 6 unspecified atom stereocenters. The Bertz CT molecular complexity index is 864. The highest BCUT2D eigenvalue weighted by molar-refractivity contribution is 9.09. The highest BCUT2D eigenvalue weighted by atomic mass is 79.9. The fraction of sp³-hybridized carbons (Fsp3) is 0.714. The molecule has 2 saturated heterocycles. The number of aliphatic hydroxyl groups is 2. The van der Waals surface area contributed by atoms with Crippen LogP contribution in [0.3, 0.4) is 0 Å². The van der Waals surface area contributed by atoms with Crippen LogP contribution in [-0.2, 0) is 19.1 Å². The van der Waals surface area contributed by atoms with Crippen LogP contribution in [0.5, 0.6) is 0 Å². The molecule has 10 heteroatoms. The highest BCUT2D eigenvalue weighted by Gasteiger charge is 2.37. The molecule has 0 aliphatic carbocycles. The molecule has 0 spiro atoms. The van der Waals surface area contributed by atoms with Gasteiger partial charge in [-0.2, -0.15) is 0 Å². The van der Waals surface area contributed by atoms with Crippen LogP contribution in [0, 0.1) is 11.8 Å². The van der Waals surface area contributed by atoms with Crippen molar-refractivity contribution in [3.8, 4) is 0 Å². The number of alkyl halides is 1. The minimum Gasteiger partial charge on any atom is -0.396 e. The smallest absolute Gasteiger partial charge is 0.249 e. The molecular formula is C28H46BrN3O6. The van der Waals surface area contributed by atoms with Gasteiger partial charge in [0.05, 0.1) is 42.2 Å². The third-order valence-electron chi connectivity index (χ3n) is 7.21. The zero-order valence-corrected chi connectivity index (χ0v) is 24.9. The van der Waals surface area contributed by atoms with Crippen LogP contribution in [0.15, 0.2) is 35.6 Å². The first-order valence-electron chi connectivity index (χ1n) is 13.6. The van der Waals surface area contributed by atoms with E-state index in [0.29, 0.717) is 18.4 Å². The maximum absolute atomic E-state index is 12.2. The zero-order chi connectivity index (χ0) is 28.2. The Morgan fingerprint density at radius 3 is 2.45 bits per heavy atom. The lowest BCUT2D eigenvalue weighted by Crippen LogP contribution is -2.48. The Morgan fingerprint density at radius 1 is 1.08 bits per heavy atom. The second-order valence-electron chi connectivity index (χ2n) is 10.5. The molecule has 2 aliphatic rings. The van der Waals surface area contributed by atoms with Gasteiger partial charge in [0.1, 0.15) is 6.10 Å². The van der Waals surface area contributed by atoms with Crippen LogP contribution in [0.1, 0.15) is 66.7 Å². The second-order valence-corrected chi connectivity index (χ2v) is 11.1. The lowest BCUT2D eigenvalue weighted by atomic mass is 9.87. The molecule has 0 aromatic carbocycles. The summed E-state index contributed by atoms with van der Waals surface area (Å²) in [6, 6.07) is 0.300. The topological polar surface area (TPSA) is 129 Å². The van der Waals surface area contributed by atoms with Gasteiger partial charge in [-0.25, -0.2) is 0 Å². The largest absolute Gasteiger partial charge is 0.396 e. The molecule has 0 radical (unpaired) electrons. The summed E-state index contributed by atoms with van der Waals surface area (Å²) in [4.78, 5) is 23.5. The van der Waals surface area contributed by atoms with E-state index >= 15 is 0 Å². The third-order valence-corrected chi connectivity index (χ3v) is 7.72. The second kappa shape index (κ2) is 16.4. The maximum atomic E-state index is 12.2. The van der Waals surface area contributed by atoms with Crippen molar-refractivity contribution in [2.24, 2.45) is 11.8 Å². The fourth-order valence-corrected chi connectivity index (χ4v) is 5.13. The van der Waals surface area contributed by atoms with Crippen LogP contribution < -0.4 is 16.2 Å². The zero-order valence-electron chi connectivity index (χ0n) is 23.3. The van der Waals surface area contributed by atoms with Crippen molar-refractivity contribution < 1.29 is 29.3 Å². The first kappa shape index (κ1) is 32.5. The van der Waals surface area contributed by atoms with Gasteiger partial charge in [-0.15, -0.1) is 0 Å². The number of allylic oxidation sites excluding steroid dienone is 4. The van der Waals surface area contributed by atoms with Gasteiger partial charge < -0.3 is 25.0 Å². The third kappa shape index (κ3) is 10.4. The quantitative estimate of drug-likeness (QED) is 0.140. The minimum absolute atomic E-state index is 0.00362. The molecule has 216 valence electrons. The Hall–Kier alpha value is -1.72. The monoisotopic (exact) mass is 599 g/mol. The number of rotatable bonds is 11. The number of nitrogens with one attached hydrogen (secondary N) is 3. The van der Waals surface area contributed by atoms with E-state index in [1.54, 1.807) is 6.08 Å². The van der Waals surface area contributed by atoms with Crippen molar-refractivity contribution in [3.05, 3.63) is 35.6 Å². The van der Waals surface area contributed by atoms with Gasteiger partial charge in [-0.05, 0) is 52.4 Å². The first-order chi connectivity index (χ1) is 18.1. The maximum Gasteiger partial charge on any atom is 0.249 e. The van der Waals surface area contributed by atoms with Crippen molar-refractivity contribution >= 4 is 27.7 Å². The average molecular weight is 601 g/mol. The summed E-state index contributed by atoms with van der Waals surface area (Å²) in [6.45, 7) is 10.4. The summed E-state index contributed by atoms with van der Waals surface area (Å²) in [5.41, 5.74) is 6.85. The number of hydrazine groups is 1. The number of halogens is 1. The van der Waals surface area contributed by atoms with E-state index in [0.717, 1.165) is 24.8 Å². The number of hydrogen-bond donors (Lipinski definition) is 5. The SMILES string of the molecule is CC/C=C(/C)NC1CC(C)C(C/C=C(C)/C=C/C2O[C@H](CC(=O)NNC(=O)CBr)CC(CO)[C@@H]2O)OC1C. The van der Waals surface area contributed by atoms with Crippen LogP contribution in [0.4, 0.5) is 0 Å². The lowest BCUT2D eigenvalue weighted by molar-refractivity contribution is -0.147. The normalized spacial score (nSPS) is 32.7. The van der Waals surface area contributed by atoms with Crippen molar-refractivity contribution in [2.75, 3.05) is 11.9 Å². The molecule has 0 saturated carbocycles. The Morgan fingerprint density at radius 2 is 1.79 bits per heavy atom. The fourth-order valence-electron chi connectivity index (χ4n) is 4.99. The predicted molar refractivity (Wildman–Crippen MR) is 151 cm³/mol. The van der Waals surface area contributed by atoms with Gasteiger partial charge in [0.2, 0.25) is 11.8 Å². The summed E-state index contributed by atoms with van der Waals surface area (Å²) in [5, 5.41) is 24.1. The van der Waals surface area contributed by atoms with Gasteiger partial charge in [0.15, 0.2) is 0 Å². The number of carbonyl (C=O) groups excluding carboxylic acids is 2. The number of amides is 2. The lowest BCUT2D eigenvalue weighted by Gasteiger charge is -2.40. The minimum atomic E-state index is -0.881. The number of carbonyl (C=O) groups is 2. The number of aliphatic hydroxyl groups excluding tert-OH is 2. The predicted octanol–water partition coefficient (Wildman–Crippen LogP) is 3.02. The molecule has 2 fully saturated rings. The van der Waals surface area contributed by atoms with E-state index in [1.807, 2.05) is 13.0 Å². The van der Waals surface area contributed by atoms with Crippen molar-refractivity contribution in [3.63, 3.8) is 0 Å². The Labute approximate surface area is 235 Å². The summed E-state index contributed by atoms with van der Waals surface area (Å²) >= 11 is 3.01. The van der Waals surface area contributed by atoms with E-state index in [4.69, 9.17) is 9.47 Å². The van der Waals surface area contributed by atoms with Crippen molar-refractivity contribution in [2.45, 2.75) is 103 Å². The Balaban J connectivity index is 1.93. The van der Waals surface area contributed by atoms with E-state index in [-0.39, 0.29) is 36.5 Å². The molecule has 2 amide bonds. The molecule has 9 nitrogen and oxygen atoms in total. The molecule has 0 aromatic heterocycles. The van der Waals surface area contributed by atoms with Gasteiger partial charge in [0, 0.05) is 18.2 Å². The van der Waals surface area contributed by atoms with Crippen molar-refractivity contribution in [1.82, 2.24) is 16.2 Å². The molecule has 2 aliphatic heterocycles. The van der Waals surface area contributed by atoms with Gasteiger partial charge in [0.25, 0.3) is 0 Å². The van der Waals surface area contributed by atoms with Crippen LogP contribution in [0.25, 0.3) is 0 Å². The highest BCUT2D eigenvalue weighted by Crippen LogP contribution is 2.30. The average Bonchev–Trinajstić information content (AvgIpc) is 2.88. The first-order valence-corrected chi connectivity index (χ1v) is 14.7.